The Morgan fingerprint density at radius 1 is 1.21 bits per heavy atom. The maximum Gasteiger partial charge on any atom is 0.433 e. The molecule has 0 saturated carbocycles. The van der Waals surface area contributed by atoms with Crippen molar-refractivity contribution in [3.63, 3.8) is 0 Å². The number of nitrogens with zero attached hydrogens (tertiary/aromatic N) is 1. The number of hydrogen-bond donors (Lipinski definition) is 1. The molecule has 128 valence electrons. The third-order valence-corrected chi connectivity index (χ3v) is 3.08. The molecule has 0 saturated heterocycles. The number of carbonyl (C=O) groups excluding carboxylic acids is 2. The van der Waals surface area contributed by atoms with Crippen molar-refractivity contribution in [2.24, 2.45) is 0 Å². The van der Waals surface area contributed by atoms with Crippen LogP contribution in [-0.2, 0) is 9.47 Å². The first-order valence-electron chi connectivity index (χ1n) is 7.40. The Hall–Kier alpha value is -3.03. The standard InChI is InChI=1S/C16H18N2O6/c1-4-22-15(20)17-18(16(21)23-5-2)12-9-24-13-7-6-10(3)8-11(13)14(12)19/h6-9H,4-5H2,1-3H3,(H,17,20). The van der Waals surface area contributed by atoms with E-state index in [0.717, 1.165) is 11.8 Å². The Morgan fingerprint density at radius 2 is 1.92 bits per heavy atom. The zero-order valence-electron chi connectivity index (χ0n) is 13.6. The molecular weight excluding hydrogens is 316 g/mol. The molecule has 2 amide bonds. The van der Waals surface area contributed by atoms with Gasteiger partial charge in [0.2, 0.25) is 5.43 Å². The van der Waals surface area contributed by atoms with Crippen LogP contribution >= 0.6 is 0 Å². The number of rotatable bonds is 3. The van der Waals surface area contributed by atoms with Gasteiger partial charge in [-0.15, -0.1) is 0 Å². The Labute approximate surface area is 137 Å². The highest BCUT2D eigenvalue weighted by Crippen LogP contribution is 2.17. The summed E-state index contributed by atoms with van der Waals surface area (Å²) in [5.74, 6) is 0. The smallest absolute Gasteiger partial charge is 0.433 e. The summed E-state index contributed by atoms with van der Waals surface area (Å²) in [5.41, 5.74) is 2.74. The van der Waals surface area contributed by atoms with Gasteiger partial charge in [-0.2, -0.15) is 5.01 Å². The molecule has 1 N–H and O–H groups in total. The van der Waals surface area contributed by atoms with Crippen molar-refractivity contribution in [2.75, 3.05) is 18.2 Å². The number of benzene rings is 1. The largest absolute Gasteiger partial charge is 0.462 e. The van der Waals surface area contributed by atoms with Crippen LogP contribution in [0.3, 0.4) is 0 Å². The fraction of sp³-hybridized carbons (Fsp3) is 0.312. The molecule has 0 aliphatic rings. The SMILES string of the molecule is CCOC(=O)NN(C(=O)OCC)c1coc2ccc(C)cc2c1=O. The van der Waals surface area contributed by atoms with Gasteiger partial charge in [-0.05, 0) is 32.9 Å². The van der Waals surface area contributed by atoms with Crippen LogP contribution in [0.4, 0.5) is 15.3 Å². The van der Waals surface area contributed by atoms with Gasteiger partial charge >= 0.3 is 12.2 Å². The van der Waals surface area contributed by atoms with Crippen molar-refractivity contribution < 1.29 is 23.5 Å². The number of carbonyl (C=O) groups is 2. The second-order valence-electron chi connectivity index (χ2n) is 4.82. The Kier molecular flexibility index (Phi) is 5.41. The molecule has 0 unspecified atom stereocenters. The minimum atomic E-state index is -0.926. The summed E-state index contributed by atoms with van der Waals surface area (Å²) in [6, 6.07) is 5.09. The molecule has 8 heteroatoms. The molecule has 24 heavy (non-hydrogen) atoms. The van der Waals surface area contributed by atoms with Crippen LogP contribution in [0.2, 0.25) is 0 Å². The normalized spacial score (nSPS) is 10.3. The van der Waals surface area contributed by atoms with Crippen molar-refractivity contribution >= 4 is 28.8 Å². The maximum absolute atomic E-state index is 12.7. The van der Waals surface area contributed by atoms with Crippen LogP contribution in [-0.4, -0.2) is 25.4 Å². The Balaban J connectivity index is 2.50. The van der Waals surface area contributed by atoms with Crippen molar-refractivity contribution in [1.82, 2.24) is 5.43 Å². The summed E-state index contributed by atoms with van der Waals surface area (Å²) >= 11 is 0. The predicted octanol–water partition coefficient (Wildman–Crippen LogP) is 2.73. The number of hydrogen-bond acceptors (Lipinski definition) is 6. The second kappa shape index (κ2) is 7.49. The molecule has 0 radical (unpaired) electrons. The van der Waals surface area contributed by atoms with E-state index in [1.165, 1.54) is 0 Å². The zero-order chi connectivity index (χ0) is 17.7. The Morgan fingerprint density at radius 3 is 2.58 bits per heavy atom. The van der Waals surface area contributed by atoms with Gasteiger partial charge in [0.1, 0.15) is 11.8 Å². The van der Waals surface area contributed by atoms with Crippen molar-refractivity contribution in [3.05, 3.63) is 40.2 Å². The molecule has 8 nitrogen and oxygen atoms in total. The number of anilines is 1. The van der Waals surface area contributed by atoms with E-state index in [-0.39, 0.29) is 24.3 Å². The number of hydrazine groups is 1. The van der Waals surface area contributed by atoms with Gasteiger partial charge in [0.05, 0.1) is 18.6 Å². The van der Waals surface area contributed by atoms with E-state index in [2.05, 4.69) is 5.43 Å². The number of ether oxygens (including phenoxy) is 2. The summed E-state index contributed by atoms with van der Waals surface area (Å²) in [7, 11) is 0. The summed E-state index contributed by atoms with van der Waals surface area (Å²) in [4.78, 5) is 36.4. The third kappa shape index (κ3) is 3.65. The van der Waals surface area contributed by atoms with E-state index < -0.39 is 17.6 Å². The lowest BCUT2D eigenvalue weighted by molar-refractivity contribution is 0.138. The lowest BCUT2D eigenvalue weighted by Gasteiger charge is -2.21. The zero-order valence-corrected chi connectivity index (χ0v) is 13.6. The number of amides is 2. The highest BCUT2D eigenvalue weighted by atomic mass is 16.6. The highest BCUT2D eigenvalue weighted by molar-refractivity contribution is 5.92. The monoisotopic (exact) mass is 334 g/mol. The van der Waals surface area contributed by atoms with Gasteiger partial charge in [0.25, 0.3) is 0 Å². The first-order valence-corrected chi connectivity index (χ1v) is 7.40. The third-order valence-electron chi connectivity index (χ3n) is 3.08. The van der Waals surface area contributed by atoms with Crippen LogP contribution < -0.4 is 15.9 Å². The topological polar surface area (TPSA) is 98.1 Å². The average molecular weight is 334 g/mol. The van der Waals surface area contributed by atoms with Crippen LogP contribution in [0.15, 0.2) is 33.7 Å². The van der Waals surface area contributed by atoms with E-state index >= 15 is 0 Å². The van der Waals surface area contributed by atoms with Gasteiger partial charge in [0, 0.05) is 0 Å². The van der Waals surface area contributed by atoms with E-state index in [9.17, 15) is 14.4 Å². The molecule has 2 aromatic rings. The molecule has 1 heterocycles. The van der Waals surface area contributed by atoms with Gasteiger partial charge in [-0.1, -0.05) is 11.6 Å². The molecular formula is C16H18N2O6. The molecule has 0 bridgehead atoms. The van der Waals surface area contributed by atoms with E-state index in [1.54, 1.807) is 32.0 Å². The summed E-state index contributed by atoms with van der Waals surface area (Å²) < 4.78 is 15.0. The molecule has 1 aromatic heterocycles. The number of nitrogens with one attached hydrogen (secondary N) is 1. The van der Waals surface area contributed by atoms with Crippen LogP contribution in [0.5, 0.6) is 0 Å². The van der Waals surface area contributed by atoms with E-state index in [0.29, 0.717) is 10.6 Å². The van der Waals surface area contributed by atoms with E-state index in [4.69, 9.17) is 13.9 Å². The average Bonchev–Trinajstić information content (AvgIpc) is 2.54. The quantitative estimate of drug-likeness (QED) is 0.867. The summed E-state index contributed by atoms with van der Waals surface area (Å²) in [5, 5.41) is 0.960. The van der Waals surface area contributed by atoms with Gasteiger partial charge in [0.15, 0.2) is 5.69 Å². The van der Waals surface area contributed by atoms with E-state index in [1.807, 2.05) is 6.92 Å². The summed E-state index contributed by atoms with van der Waals surface area (Å²) in [6.45, 7) is 5.21. The fourth-order valence-electron chi connectivity index (χ4n) is 2.04. The Bertz CT molecular complexity index is 814. The van der Waals surface area contributed by atoms with Gasteiger partial charge < -0.3 is 13.9 Å². The first kappa shape index (κ1) is 17.3. The predicted molar refractivity (Wildman–Crippen MR) is 86.9 cm³/mol. The van der Waals surface area contributed by atoms with Crippen LogP contribution in [0.1, 0.15) is 19.4 Å². The van der Waals surface area contributed by atoms with Crippen LogP contribution in [0, 0.1) is 6.92 Å². The fourth-order valence-corrected chi connectivity index (χ4v) is 2.04. The molecule has 0 spiro atoms. The summed E-state index contributed by atoms with van der Waals surface area (Å²) in [6.07, 6.45) is -0.734. The van der Waals surface area contributed by atoms with Crippen LogP contribution in [0.25, 0.3) is 11.0 Å². The molecule has 0 atom stereocenters. The molecule has 1 aromatic carbocycles. The first-order chi connectivity index (χ1) is 11.5. The van der Waals surface area contributed by atoms with Crippen molar-refractivity contribution in [2.45, 2.75) is 20.8 Å². The highest BCUT2D eigenvalue weighted by Gasteiger charge is 2.24. The number of aryl methyl sites for hydroxylation is 1. The second-order valence-corrected chi connectivity index (χ2v) is 4.82. The maximum atomic E-state index is 12.7. The number of fused-ring (bicyclic) bond motifs is 1. The molecule has 0 aliphatic heterocycles. The minimum Gasteiger partial charge on any atom is -0.462 e. The van der Waals surface area contributed by atoms with Crippen molar-refractivity contribution in [3.8, 4) is 0 Å². The molecule has 0 aliphatic carbocycles. The van der Waals surface area contributed by atoms with Gasteiger partial charge in [-0.3, -0.25) is 4.79 Å². The minimum absolute atomic E-state index is 0.0673. The van der Waals surface area contributed by atoms with Crippen molar-refractivity contribution in [1.29, 1.82) is 0 Å². The van der Waals surface area contributed by atoms with Gasteiger partial charge in [-0.25, -0.2) is 15.0 Å². The molecule has 0 fully saturated rings. The lowest BCUT2D eigenvalue weighted by Crippen LogP contribution is -2.48. The molecule has 2 rings (SSSR count). The lowest BCUT2D eigenvalue weighted by atomic mass is 10.1.